The first-order valence-electron chi connectivity index (χ1n) is 4.45. The summed E-state index contributed by atoms with van der Waals surface area (Å²) in [6.45, 7) is 2.84. The minimum atomic E-state index is -0.171. The fraction of sp³-hybridized carbons (Fsp3) is 0.200. The zero-order chi connectivity index (χ0) is 11.0. The Morgan fingerprint density at radius 2 is 1.93 bits per heavy atom. The molecular weight excluding hydrogens is 194 g/mol. The minimum Gasteiger partial charge on any atom is -0.294 e. The number of aromatic amines is 1. The number of nitrogens with zero attached hydrogens (tertiary/aromatic N) is 2. The summed E-state index contributed by atoms with van der Waals surface area (Å²) in [5.41, 5.74) is 1.25. The molecule has 2 heterocycles. The lowest BCUT2D eigenvalue weighted by Gasteiger charge is -2.03. The van der Waals surface area contributed by atoms with E-state index in [-0.39, 0.29) is 11.6 Å². The Kier molecular flexibility index (Phi) is 2.07. The van der Waals surface area contributed by atoms with Crippen LogP contribution >= 0.6 is 0 Å². The molecule has 76 valence electrons. The van der Waals surface area contributed by atoms with Gasteiger partial charge in [-0.2, -0.15) is 5.10 Å². The summed E-state index contributed by atoms with van der Waals surface area (Å²) in [5, 5.41) is 7.04. The van der Waals surface area contributed by atoms with Crippen LogP contribution in [-0.4, -0.2) is 26.7 Å². The molecule has 0 atom stereocenters. The van der Waals surface area contributed by atoms with Gasteiger partial charge in [0.25, 0.3) is 0 Å². The molecule has 5 nitrogen and oxygen atoms in total. The minimum absolute atomic E-state index is 0.158. The van der Waals surface area contributed by atoms with E-state index in [0.29, 0.717) is 22.2 Å². The highest BCUT2D eigenvalue weighted by molar-refractivity contribution is 6.14. The number of H-pyrrole nitrogens is 1. The summed E-state index contributed by atoms with van der Waals surface area (Å²) in [7, 11) is 0. The Balaban J connectivity index is 2.87. The van der Waals surface area contributed by atoms with Crippen LogP contribution in [0.1, 0.15) is 34.6 Å². The number of hydrogen-bond donors (Lipinski definition) is 1. The first-order valence-corrected chi connectivity index (χ1v) is 4.45. The maximum absolute atomic E-state index is 11.5. The Morgan fingerprint density at radius 3 is 2.53 bits per heavy atom. The summed E-state index contributed by atoms with van der Waals surface area (Å²) < 4.78 is 0. The van der Waals surface area contributed by atoms with Gasteiger partial charge in [0.2, 0.25) is 0 Å². The van der Waals surface area contributed by atoms with E-state index < -0.39 is 0 Å². The number of hydrogen-bond acceptors (Lipinski definition) is 4. The summed E-state index contributed by atoms with van der Waals surface area (Å²) >= 11 is 0. The van der Waals surface area contributed by atoms with Crippen LogP contribution in [0, 0.1) is 0 Å². The van der Waals surface area contributed by atoms with Crippen LogP contribution < -0.4 is 0 Å². The fourth-order valence-electron chi connectivity index (χ4n) is 1.55. The summed E-state index contributed by atoms with van der Waals surface area (Å²) in [6.07, 6.45) is 2.91. The lowest BCUT2D eigenvalue weighted by molar-refractivity contribution is 0.0981. The van der Waals surface area contributed by atoms with Crippen LogP contribution in [0.3, 0.4) is 0 Å². The van der Waals surface area contributed by atoms with Crippen molar-refractivity contribution in [3.8, 4) is 0 Å². The molecule has 0 unspecified atom stereocenters. The summed E-state index contributed by atoms with van der Waals surface area (Å²) in [6, 6.07) is 0. The first kappa shape index (κ1) is 9.51. The van der Waals surface area contributed by atoms with Gasteiger partial charge >= 0.3 is 0 Å². The smallest absolute Gasteiger partial charge is 0.162 e. The monoisotopic (exact) mass is 203 g/mol. The van der Waals surface area contributed by atoms with Crippen molar-refractivity contribution in [2.45, 2.75) is 13.8 Å². The lowest BCUT2D eigenvalue weighted by atomic mass is 10.0. The molecule has 0 spiro atoms. The van der Waals surface area contributed by atoms with Gasteiger partial charge in [0.05, 0.1) is 11.6 Å². The van der Waals surface area contributed by atoms with Crippen LogP contribution in [0.2, 0.25) is 0 Å². The number of aromatic nitrogens is 3. The molecule has 0 amide bonds. The molecule has 0 aliphatic carbocycles. The number of pyridine rings is 1. The molecule has 2 aromatic rings. The molecule has 0 radical (unpaired) electrons. The standard InChI is InChI=1S/C10H9N3O2/c1-5(14)7-3-11-10-8(4-12-13-10)9(7)6(2)15/h3-4H,1-2H3,(H,11,12,13). The van der Waals surface area contributed by atoms with E-state index in [1.165, 1.54) is 26.2 Å². The average molecular weight is 203 g/mol. The van der Waals surface area contributed by atoms with Crippen LogP contribution in [0.15, 0.2) is 12.4 Å². The molecule has 0 aromatic carbocycles. The second kappa shape index (κ2) is 3.27. The molecule has 15 heavy (non-hydrogen) atoms. The molecule has 1 N–H and O–H groups in total. The highest BCUT2D eigenvalue weighted by atomic mass is 16.1. The van der Waals surface area contributed by atoms with E-state index >= 15 is 0 Å². The third-order valence-corrected chi connectivity index (χ3v) is 2.21. The number of nitrogens with one attached hydrogen (secondary N) is 1. The number of rotatable bonds is 2. The Hall–Kier alpha value is -2.04. The van der Waals surface area contributed by atoms with Gasteiger partial charge in [0, 0.05) is 17.3 Å². The summed E-state index contributed by atoms with van der Waals surface area (Å²) in [5.74, 6) is -0.329. The van der Waals surface area contributed by atoms with Gasteiger partial charge in [-0.15, -0.1) is 0 Å². The van der Waals surface area contributed by atoms with Crippen molar-refractivity contribution in [2.24, 2.45) is 0 Å². The molecule has 0 bridgehead atoms. The number of ketones is 2. The topological polar surface area (TPSA) is 75.7 Å². The average Bonchev–Trinajstić information content (AvgIpc) is 2.62. The third kappa shape index (κ3) is 1.41. The third-order valence-electron chi connectivity index (χ3n) is 2.21. The summed E-state index contributed by atoms with van der Waals surface area (Å²) in [4.78, 5) is 26.8. The maximum Gasteiger partial charge on any atom is 0.162 e. The second-order valence-corrected chi connectivity index (χ2v) is 3.29. The van der Waals surface area contributed by atoms with Crippen LogP contribution in [0.25, 0.3) is 11.0 Å². The van der Waals surface area contributed by atoms with E-state index in [2.05, 4.69) is 15.2 Å². The predicted octanol–water partition coefficient (Wildman–Crippen LogP) is 1.36. The SMILES string of the molecule is CC(=O)c1cnc2[nH]ncc2c1C(C)=O. The van der Waals surface area contributed by atoms with E-state index in [1.54, 1.807) is 0 Å². The fourth-order valence-corrected chi connectivity index (χ4v) is 1.55. The number of fused-ring (bicyclic) bond motifs is 1. The first-order chi connectivity index (χ1) is 7.11. The van der Waals surface area contributed by atoms with Crippen molar-refractivity contribution >= 4 is 22.6 Å². The molecule has 0 fully saturated rings. The Bertz CT molecular complexity index is 557. The Morgan fingerprint density at radius 1 is 1.20 bits per heavy atom. The van der Waals surface area contributed by atoms with Crippen LogP contribution in [0.5, 0.6) is 0 Å². The van der Waals surface area contributed by atoms with E-state index in [1.807, 2.05) is 0 Å². The number of carbonyl (C=O) groups is 2. The molecule has 0 saturated heterocycles. The molecule has 5 heteroatoms. The van der Waals surface area contributed by atoms with Crippen molar-refractivity contribution in [3.05, 3.63) is 23.5 Å². The molecule has 0 saturated carbocycles. The normalized spacial score (nSPS) is 10.5. The highest BCUT2D eigenvalue weighted by Gasteiger charge is 2.16. The van der Waals surface area contributed by atoms with Crippen molar-refractivity contribution in [1.82, 2.24) is 15.2 Å². The number of carbonyl (C=O) groups excluding carboxylic acids is 2. The van der Waals surface area contributed by atoms with Crippen molar-refractivity contribution in [1.29, 1.82) is 0 Å². The van der Waals surface area contributed by atoms with E-state index in [9.17, 15) is 9.59 Å². The van der Waals surface area contributed by atoms with E-state index in [0.717, 1.165) is 0 Å². The van der Waals surface area contributed by atoms with Gasteiger partial charge in [0.1, 0.15) is 0 Å². The zero-order valence-electron chi connectivity index (χ0n) is 8.37. The van der Waals surface area contributed by atoms with Gasteiger partial charge in [-0.1, -0.05) is 0 Å². The second-order valence-electron chi connectivity index (χ2n) is 3.29. The predicted molar refractivity (Wildman–Crippen MR) is 53.9 cm³/mol. The van der Waals surface area contributed by atoms with Gasteiger partial charge in [-0.25, -0.2) is 4.98 Å². The van der Waals surface area contributed by atoms with Crippen LogP contribution in [0.4, 0.5) is 0 Å². The van der Waals surface area contributed by atoms with Gasteiger partial charge < -0.3 is 0 Å². The largest absolute Gasteiger partial charge is 0.294 e. The van der Waals surface area contributed by atoms with Gasteiger partial charge in [0.15, 0.2) is 17.2 Å². The quantitative estimate of drug-likeness (QED) is 0.748. The van der Waals surface area contributed by atoms with Gasteiger partial charge in [-0.3, -0.25) is 14.7 Å². The van der Waals surface area contributed by atoms with Crippen molar-refractivity contribution < 1.29 is 9.59 Å². The lowest BCUT2D eigenvalue weighted by Crippen LogP contribution is -2.05. The number of Topliss-reactive ketones (excluding diaryl/α,β-unsaturated/α-hetero) is 2. The maximum atomic E-state index is 11.5. The van der Waals surface area contributed by atoms with Crippen LogP contribution in [-0.2, 0) is 0 Å². The molecule has 2 aromatic heterocycles. The molecule has 0 aliphatic heterocycles. The molecule has 0 aliphatic rings. The molecular formula is C10H9N3O2. The van der Waals surface area contributed by atoms with Crippen molar-refractivity contribution in [2.75, 3.05) is 0 Å². The highest BCUT2D eigenvalue weighted by Crippen LogP contribution is 2.19. The zero-order valence-corrected chi connectivity index (χ0v) is 8.37. The van der Waals surface area contributed by atoms with Crippen molar-refractivity contribution in [3.63, 3.8) is 0 Å². The Labute approximate surface area is 85.5 Å². The molecule has 2 rings (SSSR count). The van der Waals surface area contributed by atoms with Gasteiger partial charge in [-0.05, 0) is 13.8 Å². The van der Waals surface area contributed by atoms with E-state index in [4.69, 9.17) is 0 Å².